The molecule has 2 nitrogen and oxygen atoms in total. The molecule has 3 unspecified atom stereocenters. The Morgan fingerprint density at radius 2 is 2.15 bits per heavy atom. The minimum absolute atomic E-state index is 0.656. The number of hydrogen-bond donors (Lipinski definition) is 1. The SMILES string of the molecule is CCC(C)C(C)N1CCCC1CN. The number of nitrogens with zero attached hydrogens (tertiary/aromatic N) is 1. The quantitative estimate of drug-likeness (QED) is 0.722. The van der Waals surface area contributed by atoms with E-state index in [2.05, 4.69) is 25.7 Å². The Bertz CT molecular complexity index is 147. The molecule has 0 radical (unpaired) electrons. The minimum Gasteiger partial charge on any atom is -0.329 e. The van der Waals surface area contributed by atoms with Crippen LogP contribution in [0.5, 0.6) is 0 Å². The van der Waals surface area contributed by atoms with Gasteiger partial charge in [0.25, 0.3) is 0 Å². The summed E-state index contributed by atoms with van der Waals surface area (Å²) in [5, 5.41) is 0. The van der Waals surface area contributed by atoms with E-state index in [-0.39, 0.29) is 0 Å². The van der Waals surface area contributed by atoms with Crippen molar-refractivity contribution in [1.82, 2.24) is 4.90 Å². The van der Waals surface area contributed by atoms with Gasteiger partial charge in [0.15, 0.2) is 0 Å². The number of likely N-dealkylation sites (tertiary alicyclic amines) is 1. The van der Waals surface area contributed by atoms with Gasteiger partial charge in [-0.1, -0.05) is 20.3 Å². The summed E-state index contributed by atoms with van der Waals surface area (Å²) in [5.41, 5.74) is 5.76. The van der Waals surface area contributed by atoms with Gasteiger partial charge in [-0.2, -0.15) is 0 Å². The lowest BCUT2D eigenvalue weighted by Crippen LogP contribution is -2.44. The van der Waals surface area contributed by atoms with Crippen LogP contribution in [0.2, 0.25) is 0 Å². The molecular weight excluding hydrogens is 160 g/mol. The van der Waals surface area contributed by atoms with Crippen LogP contribution in [0.1, 0.15) is 40.0 Å². The van der Waals surface area contributed by atoms with Gasteiger partial charge in [-0.15, -0.1) is 0 Å². The van der Waals surface area contributed by atoms with Gasteiger partial charge in [-0.25, -0.2) is 0 Å². The molecule has 78 valence electrons. The predicted molar refractivity (Wildman–Crippen MR) is 57.7 cm³/mol. The average Bonchev–Trinajstić information content (AvgIpc) is 2.62. The van der Waals surface area contributed by atoms with Gasteiger partial charge < -0.3 is 5.73 Å². The van der Waals surface area contributed by atoms with Gasteiger partial charge in [0.1, 0.15) is 0 Å². The van der Waals surface area contributed by atoms with E-state index in [0.717, 1.165) is 12.5 Å². The number of hydrogen-bond acceptors (Lipinski definition) is 2. The van der Waals surface area contributed by atoms with Crippen LogP contribution in [0.3, 0.4) is 0 Å². The zero-order valence-corrected chi connectivity index (χ0v) is 9.29. The van der Waals surface area contributed by atoms with Gasteiger partial charge in [-0.05, 0) is 32.2 Å². The van der Waals surface area contributed by atoms with Crippen molar-refractivity contribution in [3.05, 3.63) is 0 Å². The molecule has 3 atom stereocenters. The van der Waals surface area contributed by atoms with Gasteiger partial charge in [-0.3, -0.25) is 4.90 Å². The first-order chi connectivity index (χ1) is 6.20. The van der Waals surface area contributed by atoms with Crippen LogP contribution in [-0.2, 0) is 0 Å². The highest BCUT2D eigenvalue weighted by Gasteiger charge is 2.29. The van der Waals surface area contributed by atoms with Crippen molar-refractivity contribution in [2.75, 3.05) is 13.1 Å². The Morgan fingerprint density at radius 3 is 2.69 bits per heavy atom. The largest absolute Gasteiger partial charge is 0.329 e. The standard InChI is InChI=1S/C11H24N2/c1-4-9(2)10(3)13-7-5-6-11(13)8-12/h9-11H,4-8,12H2,1-3H3. The maximum absolute atomic E-state index is 5.76. The molecule has 1 aliphatic rings. The molecule has 0 amide bonds. The Labute approximate surface area is 82.5 Å². The maximum Gasteiger partial charge on any atom is 0.0221 e. The first-order valence-electron chi connectivity index (χ1n) is 5.66. The fourth-order valence-corrected chi connectivity index (χ4v) is 2.32. The molecule has 0 aromatic carbocycles. The van der Waals surface area contributed by atoms with Crippen molar-refractivity contribution in [2.24, 2.45) is 11.7 Å². The molecule has 0 aromatic heterocycles. The lowest BCUT2D eigenvalue weighted by molar-refractivity contribution is 0.147. The van der Waals surface area contributed by atoms with Gasteiger partial charge >= 0.3 is 0 Å². The van der Waals surface area contributed by atoms with Crippen LogP contribution in [0.4, 0.5) is 0 Å². The molecule has 0 spiro atoms. The molecule has 0 aliphatic carbocycles. The van der Waals surface area contributed by atoms with Gasteiger partial charge in [0.05, 0.1) is 0 Å². The number of rotatable bonds is 4. The molecule has 0 saturated carbocycles. The highest BCUT2D eigenvalue weighted by molar-refractivity contribution is 4.85. The van der Waals surface area contributed by atoms with E-state index < -0.39 is 0 Å². The van der Waals surface area contributed by atoms with Crippen LogP contribution in [0, 0.1) is 5.92 Å². The van der Waals surface area contributed by atoms with E-state index in [1.807, 2.05) is 0 Å². The van der Waals surface area contributed by atoms with E-state index >= 15 is 0 Å². The van der Waals surface area contributed by atoms with E-state index in [0.29, 0.717) is 12.1 Å². The van der Waals surface area contributed by atoms with Gasteiger partial charge in [0.2, 0.25) is 0 Å². The third-order valence-corrected chi connectivity index (χ3v) is 3.69. The summed E-state index contributed by atoms with van der Waals surface area (Å²) in [6.07, 6.45) is 3.91. The second-order valence-electron chi connectivity index (χ2n) is 4.40. The Balaban J connectivity index is 2.49. The molecule has 1 fully saturated rings. The third-order valence-electron chi connectivity index (χ3n) is 3.69. The lowest BCUT2D eigenvalue weighted by atomic mass is 9.98. The molecule has 1 heterocycles. The first kappa shape index (κ1) is 11.0. The summed E-state index contributed by atoms with van der Waals surface area (Å²) in [5.74, 6) is 0.798. The zero-order chi connectivity index (χ0) is 9.84. The average molecular weight is 184 g/mol. The number of nitrogens with two attached hydrogens (primary N) is 1. The van der Waals surface area contributed by atoms with Crippen molar-refractivity contribution in [3.8, 4) is 0 Å². The van der Waals surface area contributed by atoms with E-state index in [1.54, 1.807) is 0 Å². The van der Waals surface area contributed by atoms with Crippen LogP contribution in [0.25, 0.3) is 0 Å². The summed E-state index contributed by atoms with van der Waals surface area (Å²) >= 11 is 0. The molecule has 2 N–H and O–H groups in total. The highest BCUT2D eigenvalue weighted by atomic mass is 15.2. The molecule has 0 bridgehead atoms. The lowest BCUT2D eigenvalue weighted by Gasteiger charge is -2.33. The second-order valence-corrected chi connectivity index (χ2v) is 4.40. The Morgan fingerprint density at radius 1 is 1.46 bits per heavy atom. The van der Waals surface area contributed by atoms with Crippen LogP contribution >= 0.6 is 0 Å². The summed E-state index contributed by atoms with van der Waals surface area (Å²) in [6, 6.07) is 1.37. The normalized spacial score (nSPS) is 29.1. The topological polar surface area (TPSA) is 29.3 Å². The van der Waals surface area contributed by atoms with Crippen molar-refractivity contribution in [1.29, 1.82) is 0 Å². The summed E-state index contributed by atoms with van der Waals surface area (Å²) < 4.78 is 0. The highest BCUT2D eigenvalue weighted by Crippen LogP contribution is 2.24. The summed E-state index contributed by atoms with van der Waals surface area (Å²) in [7, 11) is 0. The van der Waals surface area contributed by atoms with Crippen LogP contribution < -0.4 is 5.73 Å². The smallest absolute Gasteiger partial charge is 0.0221 e. The van der Waals surface area contributed by atoms with E-state index in [4.69, 9.17) is 5.73 Å². The van der Waals surface area contributed by atoms with Crippen molar-refractivity contribution < 1.29 is 0 Å². The van der Waals surface area contributed by atoms with Crippen molar-refractivity contribution in [2.45, 2.75) is 52.1 Å². The van der Waals surface area contributed by atoms with Crippen molar-refractivity contribution in [3.63, 3.8) is 0 Å². The van der Waals surface area contributed by atoms with Gasteiger partial charge in [0, 0.05) is 18.6 Å². The Kier molecular flexibility index (Phi) is 4.20. The van der Waals surface area contributed by atoms with Crippen LogP contribution in [0.15, 0.2) is 0 Å². The monoisotopic (exact) mass is 184 g/mol. The predicted octanol–water partition coefficient (Wildman–Crippen LogP) is 1.84. The molecule has 1 saturated heterocycles. The maximum atomic E-state index is 5.76. The molecular formula is C11H24N2. The van der Waals surface area contributed by atoms with Crippen LogP contribution in [-0.4, -0.2) is 30.1 Å². The van der Waals surface area contributed by atoms with E-state index in [1.165, 1.54) is 25.8 Å². The third kappa shape index (κ3) is 2.44. The summed E-state index contributed by atoms with van der Waals surface area (Å²) in [6.45, 7) is 9.06. The minimum atomic E-state index is 0.656. The van der Waals surface area contributed by atoms with Crippen molar-refractivity contribution >= 4 is 0 Å². The summed E-state index contributed by atoms with van der Waals surface area (Å²) in [4.78, 5) is 2.61. The fraction of sp³-hybridized carbons (Fsp3) is 1.00. The molecule has 1 aliphatic heterocycles. The fourth-order valence-electron chi connectivity index (χ4n) is 2.32. The molecule has 2 heteroatoms. The first-order valence-corrected chi connectivity index (χ1v) is 5.66. The molecule has 0 aromatic rings. The molecule has 1 rings (SSSR count). The Hall–Kier alpha value is -0.0800. The van der Waals surface area contributed by atoms with E-state index in [9.17, 15) is 0 Å². The zero-order valence-electron chi connectivity index (χ0n) is 9.29. The molecule has 13 heavy (non-hydrogen) atoms. The second kappa shape index (κ2) is 4.97.